The van der Waals surface area contributed by atoms with Gasteiger partial charge in [0.1, 0.15) is 17.1 Å². The molecular weight excluding hydrogens is 352 g/mol. The molecule has 0 amide bonds. The summed E-state index contributed by atoms with van der Waals surface area (Å²) in [5, 5.41) is 17.1. The van der Waals surface area contributed by atoms with Crippen molar-refractivity contribution < 1.29 is 9.52 Å². The van der Waals surface area contributed by atoms with E-state index in [0.717, 1.165) is 31.0 Å². The Morgan fingerprint density at radius 3 is 2.57 bits per heavy atom. The number of furan rings is 1. The Hall–Kier alpha value is -2.31. The molecule has 0 aliphatic heterocycles. The van der Waals surface area contributed by atoms with Crippen molar-refractivity contribution in [1.82, 2.24) is 15.5 Å². The molecule has 6 nitrogen and oxygen atoms in total. The maximum Gasteiger partial charge on any atom is 0.191 e. The Balaban J connectivity index is 2.01. The van der Waals surface area contributed by atoms with E-state index in [9.17, 15) is 5.11 Å². The number of guanidine groups is 1. The second-order valence-corrected chi connectivity index (χ2v) is 7.38. The molecule has 0 aliphatic carbocycles. The van der Waals surface area contributed by atoms with Crippen LogP contribution in [0, 0.1) is 6.92 Å². The van der Waals surface area contributed by atoms with Crippen LogP contribution in [-0.2, 0) is 18.7 Å². The Labute approximate surface area is 168 Å². The first-order chi connectivity index (χ1) is 13.3. The normalized spacial score (nSPS) is 14.2. The van der Waals surface area contributed by atoms with Gasteiger partial charge in [0.2, 0.25) is 0 Å². The van der Waals surface area contributed by atoms with Gasteiger partial charge in [-0.05, 0) is 57.6 Å². The van der Waals surface area contributed by atoms with Crippen molar-refractivity contribution in [3.63, 3.8) is 0 Å². The average molecular weight is 387 g/mol. The monoisotopic (exact) mass is 386 g/mol. The molecule has 2 rings (SSSR count). The van der Waals surface area contributed by atoms with Crippen molar-refractivity contribution in [1.29, 1.82) is 0 Å². The molecule has 1 heterocycles. The molecule has 0 aliphatic rings. The molecule has 1 aromatic carbocycles. The van der Waals surface area contributed by atoms with Gasteiger partial charge in [-0.1, -0.05) is 31.2 Å². The zero-order chi connectivity index (χ0) is 20.6. The molecule has 6 heteroatoms. The summed E-state index contributed by atoms with van der Waals surface area (Å²) in [7, 11) is 2.12. The van der Waals surface area contributed by atoms with E-state index < -0.39 is 5.60 Å². The molecule has 28 heavy (non-hydrogen) atoms. The summed E-state index contributed by atoms with van der Waals surface area (Å²) in [6, 6.07) is 12.2. The third-order valence-electron chi connectivity index (χ3n) is 4.62. The van der Waals surface area contributed by atoms with Crippen molar-refractivity contribution in [2.75, 3.05) is 26.7 Å². The first-order valence-electron chi connectivity index (χ1n) is 9.92. The lowest BCUT2D eigenvalue weighted by Crippen LogP contribution is -2.44. The number of nitrogens with one attached hydrogen (secondary N) is 2. The molecule has 1 atom stereocenters. The van der Waals surface area contributed by atoms with Gasteiger partial charge in [0.15, 0.2) is 5.96 Å². The molecule has 0 fully saturated rings. The lowest BCUT2D eigenvalue weighted by molar-refractivity contribution is 0.0378. The van der Waals surface area contributed by atoms with Gasteiger partial charge in [0.05, 0.1) is 13.1 Å². The average Bonchev–Trinajstić information content (AvgIpc) is 3.11. The summed E-state index contributed by atoms with van der Waals surface area (Å²) in [6.07, 6.45) is 0. The van der Waals surface area contributed by atoms with E-state index in [1.807, 2.05) is 19.9 Å². The molecular formula is C22H34N4O2. The van der Waals surface area contributed by atoms with E-state index in [0.29, 0.717) is 24.8 Å². The van der Waals surface area contributed by atoms with Crippen LogP contribution < -0.4 is 10.6 Å². The van der Waals surface area contributed by atoms with E-state index in [4.69, 9.17) is 4.42 Å². The topological polar surface area (TPSA) is 73.0 Å². The van der Waals surface area contributed by atoms with Crippen LogP contribution in [-0.4, -0.2) is 42.6 Å². The van der Waals surface area contributed by atoms with Crippen molar-refractivity contribution in [2.45, 2.75) is 46.4 Å². The molecule has 1 aromatic heterocycles. The zero-order valence-corrected chi connectivity index (χ0v) is 17.7. The molecule has 0 bridgehead atoms. The fraction of sp³-hybridized carbons (Fsp3) is 0.500. The summed E-state index contributed by atoms with van der Waals surface area (Å²) in [6.45, 7) is 11.3. The Bertz CT molecular complexity index is 767. The fourth-order valence-electron chi connectivity index (χ4n) is 2.83. The van der Waals surface area contributed by atoms with Crippen LogP contribution in [0.15, 0.2) is 45.8 Å². The van der Waals surface area contributed by atoms with E-state index >= 15 is 0 Å². The van der Waals surface area contributed by atoms with Gasteiger partial charge in [0, 0.05) is 13.1 Å². The number of aliphatic hydroxyl groups is 1. The second-order valence-electron chi connectivity index (χ2n) is 7.38. The fourth-order valence-corrected chi connectivity index (χ4v) is 2.83. The minimum Gasteiger partial charge on any atom is -0.463 e. The van der Waals surface area contributed by atoms with Gasteiger partial charge in [-0.3, -0.25) is 0 Å². The number of aryl methyl sites for hydroxylation is 1. The molecule has 0 spiro atoms. The Morgan fingerprint density at radius 2 is 1.93 bits per heavy atom. The number of nitrogens with zero attached hydrogens (tertiary/aromatic N) is 2. The van der Waals surface area contributed by atoms with Gasteiger partial charge in [-0.2, -0.15) is 0 Å². The quantitative estimate of drug-likeness (QED) is 0.456. The molecule has 0 radical (unpaired) electrons. The van der Waals surface area contributed by atoms with E-state index in [1.165, 1.54) is 5.56 Å². The first-order valence-corrected chi connectivity index (χ1v) is 9.92. The summed E-state index contributed by atoms with van der Waals surface area (Å²) in [4.78, 5) is 6.94. The Kier molecular flexibility index (Phi) is 8.08. The van der Waals surface area contributed by atoms with Crippen LogP contribution in [0.2, 0.25) is 0 Å². The predicted molar refractivity (Wildman–Crippen MR) is 114 cm³/mol. The third kappa shape index (κ3) is 6.69. The lowest BCUT2D eigenvalue weighted by Gasteiger charge is -2.23. The molecule has 1 unspecified atom stereocenters. The van der Waals surface area contributed by atoms with Crippen LogP contribution in [0.4, 0.5) is 0 Å². The maximum absolute atomic E-state index is 10.7. The minimum absolute atomic E-state index is 0.299. The highest BCUT2D eigenvalue weighted by Crippen LogP contribution is 2.21. The number of benzene rings is 1. The number of hydrogen-bond donors (Lipinski definition) is 3. The minimum atomic E-state index is -1.12. The molecule has 2 aromatic rings. The third-order valence-corrected chi connectivity index (χ3v) is 4.62. The van der Waals surface area contributed by atoms with Crippen LogP contribution >= 0.6 is 0 Å². The SMILES string of the molecule is CCNC(=NCc1cccc(CN(C)CC)c1)NCC(C)(O)c1ccc(C)o1. The highest BCUT2D eigenvalue weighted by Gasteiger charge is 2.27. The summed E-state index contributed by atoms with van der Waals surface area (Å²) >= 11 is 0. The molecule has 0 saturated carbocycles. The summed E-state index contributed by atoms with van der Waals surface area (Å²) in [5.74, 6) is 1.99. The number of rotatable bonds is 9. The number of aliphatic imine (C=N–C) groups is 1. The van der Waals surface area contributed by atoms with Gasteiger partial charge < -0.3 is 25.1 Å². The van der Waals surface area contributed by atoms with Gasteiger partial charge in [-0.15, -0.1) is 0 Å². The van der Waals surface area contributed by atoms with E-state index in [-0.39, 0.29) is 0 Å². The molecule has 154 valence electrons. The van der Waals surface area contributed by atoms with Crippen molar-refractivity contribution in [2.24, 2.45) is 4.99 Å². The standard InChI is InChI=1S/C22H34N4O2/c1-6-23-21(25-16-22(4,27)20-12-11-17(3)28-20)24-14-18-9-8-10-19(13-18)15-26(5)7-2/h8-13,27H,6-7,14-16H2,1-5H3,(H2,23,24,25). The predicted octanol–water partition coefficient (Wildman–Crippen LogP) is 3.00. The lowest BCUT2D eigenvalue weighted by atomic mass is 10.0. The maximum atomic E-state index is 10.7. The van der Waals surface area contributed by atoms with Crippen LogP contribution in [0.5, 0.6) is 0 Å². The highest BCUT2D eigenvalue weighted by atomic mass is 16.4. The largest absolute Gasteiger partial charge is 0.463 e. The highest BCUT2D eigenvalue weighted by molar-refractivity contribution is 5.79. The van der Waals surface area contributed by atoms with Crippen molar-refractivity contribution in [3.8, 4) is 0 Å². The Morgan fingerprint density at radius 1 is 1.18 bits per heavy atom. The van der Waals surface area contributed by atoms with Gasteiger partial charge in [-0.25, -0.2) is 4.99 Å². The van der Waals surface area contributed by atoms with Gasteiger partial charge >= 0.3 is 0 Å². The molecule has 0 saturated heterocycles. The van der Waals surface area contributed by atoms with Crippen LogP contribution in [0.25, 0.3) is 0 Å². The smallest absolute Gasteiger partial charge is 0.191 e. The first kappa shape index (κ1) is 22.0. The van der Waals surface area contributed by atoms with E-state index in [1.54, 1.807) is 13.0 Å². The number of hydrogen-bond acceptors (Lipinski definition) is 4. The molecule has 3 N–H and O–H groups in total. The summed E-state index contributed by atoms with van der Waals surface area (Å²) in [5.41, 5.74) is 1.33. The van der Waals surface area contributed by atoms with Crippen molar-refractivity contribution in [3.05, 3.63) is 59.0 Å². The van der Waals surface area contributed by atoms with Crippen LogP contribution in [0.1, 0.15) is 43.4 Å². The van der Waals surface area contributed by atoms with E-state index in [2.05, 4.69) is 58.8 Å². The van der Waals surface area contributed by atoms with Gasteiger partial charge in [0.25, 0.3) is 0 Å². The van der Waals surface area contributed by atoms with Crippen LogP contribution in [0.3, 0.4) is 0 Å². The second kappa shape index (κ2) is 10.3. The summed E-state index contributed by atoms with van der Waals surface area (Å²) < 4.78 is 5.57. The van der Waals surface area contributed by atoms with Crippen molar-refractivity contribution >= 4 is 5.96 Å². The zero-order valence-electron chi connectivity index (χ0n) is 17.7.